The smallest absolute Gasteiger partial charge is 0.169 e. The Morgan fingerprint density at radius 2 is 1.82 bits per heavy atom. The molecule has 0 amide bonds. The van der Waals surface area contributed by atoms with Crippen LogP contribution in [0.15, 0.2) is 39.4 Å². The van der Waals surface area contributed by atoms with Crippen molar-refractivity contribution in [2.24, 2.45) is 0 Å². The second-order valence-electron chi connectivity index (χ2n) is 3.67. The van der Waals surface area contributed by atoms with Crippen LogP contribution in [0.3, 0.4) is 0 Å². The van der Waals surface area contributed by atoms with Crippen LogP contribution in [-0.4, -0.2) is 0 Å². The van der Waals surface area contributed by atoms with Crippen molar-refractivity contribution in [2.45, 2.75) is 13.0 Å². The van der Waals surface area contributed by atoms with Gasteiger partial charge in [-0.3, -0.25) is 0 Å². The Hall–Kier alpha value is -1.36. The zero-order valence-corrected chi connectivity index (χ0v) is 10.6. The van der Waals surface area contributed by atoms with Gasteiger partial charge in [-0.05, 0) is 47.1 Å². The van der Waals surface area contributed by atoms with Crippen LogP contribution in [0.4, 0.5) is 14.5 Å². The summed E-state index contributed by atoms with van der Waals surface area (Å²) in [6.07, 6.45) is 0. The molecule has 2 rings (SSSR count). The zero-order valence-electron chi connectivity index (χ0n) is 9.01. The van der Waals surface area contributed by atoms with Crippen LogP contribution in [0.2, 0.25) is 0 Å². The van der Waals surface area contributed by atoms with E-state index in [0.717, 1.165) is 6.07 Å². The highest BCUT2D eigenvalue weighted by molar-refractivity contribution is 9.10. The number of furan rings is 1. The maximum Gasteiger partial charge on any atom is 0.169 e. The van der Waals surface area contributed by atoms with Crippen LogP contribution < -0.4 is 5.32 Å². The number of rotatable bonds is 3. The Balaban J connectivity index is 2.15. The molecule has 0 fully saturated rings. The first-order valence-electron chi connectivity index (χ1n) is 5.02. The van der Waals surface area contributed by atoms with Crippen molar-refractivity contribution < 1.29 is 13.2 Å². The summed E-state index contributed by atoms with van der Waals surface area (Å²) in [5.41, 5.74) is 0.377. The molecule has 0 bridgehead atoms. The van der Waals surface area contributed by atoms with Gasteiger partial charge in [-0.25, -0.2) is 8.78 Å². The first kappa shape index (κ1) is 12.1. The molecule has 0 aliphatic carbocycles. The van der Waals surface area contributed by atoms with E-state index in [1.54, 1.807) is 12.1 Å². The summed E-state index contributed by atoms with van der Waals surface area (Å²) in [6, 6.07) is 6.67. The minimum atomic E-state index is -0.611. The van der Waals surface area contributed by atoms with Gasteiger partial charge < -0.3 is 9.73 Å². The second kappa shape index (κ2) is 4.87. The Morgan fingerprint density at radius 3 is 2.35 bits per heavy atom. The molecule has 17 heavy (non-hydrogen) atoms. The third-order valence-corrected chi connectivity index (χ3v) is 2.69. The normalized spacial score (nSPS) is 12.5. The Kier molecular flexibility index (Phi) is 3.47. The van der Waals surface area contributed by atoms with Crippen LogP contribution in [0, 0.1) is 11.6 Å². The molecule has 0 saturated heterocycles. The standard InChI is InChI=1S/C12H10BrF2NO/c1-7(11-2-3-12(13)17-11)16-10-5-8(14)4-9(15)6-10/h2-7,16H,1H3. The first-order chi connectivity index (χ1) is 8.04. The van der Waals surface area contributed by atoms with Gasteiger partial charge in [0.2, 0.25) is 0 Å². The van der Waals surface area contributed by atoms with E-state index in [4.69, 9.17) is 4.42 Å². The van der Waals surface area contributed by atoms with Crippen molar-refractivity contribution in [1.82, 2.24) is 0 Å². The van der Waals surface area contributed by atoms with Crippen LogP contribution >= 0.6 is 15.9 Å². The third kappa shape index (κ3) is 3.06. The predicted molar refractivity (Wildman–Crippen MR) is 64.8 cm³/mol. The molecule has 0 spiro atoms. The van der Waals surface area contributed by atoms with Crippen molar-refractivity contribution in [3.05, 3.63) is 52.4 Å². The monoisotopic (exact) mass is 301 g/mol. The van der Waals surface area contributed by atoms with Crippen molar-refractivity contribution >= 4 is 21.6 Å². The fraction of sp³-hybridized carbons (Fsp3) is 0.167. The first-order valence-corrected chi connectivity index (χ1v) is 5.82. The van der Waals surface area contributed by atoms with E-state index < -0.39 is 11.6 Å². The quantitative estimate of drug-likeness (QED) is 0.903. The number of anilines is 1. The lowest BCUT2D eigenvalue weighted by Gasteiger charge is -2.12. The van der Waals surface area contributed by atoms with Gasteiger partial charge in [0.05, 0.1) is 6.04 Å². The maximum absolute atomic E-state index is 13.0. The summed E-state index contributed by atoms with van der Waals surface area (Å²) < 4.78 is 31.9. The zero-order chi connectivity index (χ0) is 12.4. The lowest BCUT2D eigenvalue weighted by molar-refractivity contribution is 0.470. The lowest BCUT2D eigenvalue weighted by atomic mass is 10.2. The van der Waals surface area contributed by atoms with Gasteiger partial charge in [0.25, 0.3) is 0 Å². The molecule has 5 heteroatoms. The van der Waals surface area contributed by atoms with E-state index >= 15 is 0 Å². The molecule has 0 radical (unpaired) electrons. The average molecular weight is 302 g/mol. The summed E-state index contributed by atoms with van der Waals surface area (Å²) >= 11 is 3.19. The fourth-order valence-corrected chi connectivity index (χ4v) is 1.84. The Morgan fingerprint density at radius 1 is 1.18 bits per heavy atom. The van der Waals surface area contributed by atoms with Crippen molar-refractivity contribution in [2.75, 3.05) is 5.32 Å². The number of halogens is 3. The van der Waals surface area contributed by atoms with Gasteiger partial charge >= 0.3 is 0 Å². The highest BCUT2D eigenvalue weighted by Gasteiger charge is 2.10. The van der Waals surface area contributed by atoms with E-state index in [1.807, 2.05) is 6.92 Å². The van der Waals surface area contributed by atoms with Crippen LogP contribution in [-0.2, 0) is 0 Å². The molecule has 2 nitrogen and oxygen atoms in total. The third-order valence-electron chi connectivity index (χ3n) is 2.27. The van der Waals surface area contributed by atoms with Crippen LogP contribution in [0.25, 0.3) is 0 Å². The molecule has 1 heterocycles. The molecule has 90 valence electrons. The molecular weight excluding hydrogens is 292 g/mol. The fourth-order valence-electron chi connectivity index (χ4n) is 1.52. The van der Waals surface area contributed by atoms with Gasteiger partial charge in [-0.1, -0.05) is 0 Å². The molecule has 0 aliphatic rings. The molecule has 1 aromatic carbocycles. The molecular formula is C12H10BrF2NO. The Labute approximate surface area is 106 Å². The number of hydrogen-bond acceptors (Lipinski definition) is 2. The van der Waals surface area contributed by atoms with Gasteiger partial charge in [0, 0.05) is 11.8 Å². The summed E-state index contributed by atoms with van der Waals surface area (Å²) in [5, 5.41) is 2.96. The molecule has 1 N–H and O–H groups in total. The Bertz CT molecular complexity index is 507. The van der Waals surface area contributed by atoms with Gasteiger partial charge in [0.1, 0.15) is 17.4 Å². The number of nitrogens with one attached hydrogen (secondary N) is 1. The highest BCUT2D eigenvalue weighted by Crippen LogP contribution is 2.24. The lowest BCUT2D eigenvalue weighted by Crippen LogP contribution is -2.06. The maximum atomic E-state index is 13.0. The minimum Gasteiger partial charge on any atom is -0.452 e. The highest BCUT2D eigenvalue weighted by atomic mass is 79.9. The molecule has 1 unspecified atom stereocenters. The second-order valence-corrected chi connectivity index (χ2v) is 4.45. The van der Waals surface area contributed by atoms with E-state index in [9.17, 15) is 8.78 Å². The van der Waals surface area contributed by atoms with Crippen LogP contribution in [0.1, 0.15) is 18.7 Å². The summed E-state index contributed by atoms with van der Waals surface area (Å²) in [6.45, 7) is 1.84. The minimum absolute atomic E-state index is 0.178. The summed E-state index contributed by atoms with van der Waals surface area (Å²) in [5.74, 6) is -0.540. The number of hydrogen-bond donors (Lipinski definition) is 1. The van der Waals surface area contributed by atoms with Gasteiger partial charge in [0.15, 0.2) is 4.67 Å². The molecule has 0 saturated carbocycles. The van der Waals surface area contributed by atoms with Crippen molar-refractivity contribution in [3.8, 4) is 0 Å². The largest absolute Gasteiger partial charge is 0.452 e. The van der Waals surface area contributed by atoms with Gasteiger partial charge in [-0.2, -0.15) is 0 Å². The van der Waals surface area contributed by atoms with E-state index in [2.05, 4.69) is 21.2 Å². The summed E-state index contributed by atoms with van der Waals surface area (Å²) in [7, 11) is 0. The van der Waals surface area contributed by atoms with Crippen molar-refractivity contribution in [3.63, 3.8) is 0 Å². The van der Waals surface area contributed by atoms with Crippen molar-refractivity contribution in [1.29, 1.82) is 0 Å². The number of benzene rings is 1. The predicted octanol–water partition coefficient (Wildman–Crippen LogP) is 4.49. The topological polar surface area (TPSA) is 25.2 Å². The summed E-state index contributed by atoms with van der Waals surface area (Å²) in [4.78, 5) is 0. The average Bonchev–Trinajstić information content (AvgIpc) is 2.63. The molecule has 1 aromatic heterocycles. The van der Waals surface area contributed by atoms with Crippen LogP contribution in [0.5, 0.6) is 0 Å². The molecule has 0 aliphatic heterocycles. The van der Waals surface area contributed by atoms with E-state index in [1.165, 1.54) is 12.1 Å². The molecule has 2 aromatic rings. The molecule has 1 atom stereocenters. The van der Waals surface area contributed by atoms with E-state index in [-0.39, 0.29) is 6.04 Å². The SMILES string of the molecule is CC(Nc1cc(F)cc(F)c1)c1ccc(Br)o1. The van der Waals surface area contributed by atoms with E-state index in [0.29, 0.717) is 16.1 Å². The van der Waals surface area contributed by atoms with Gasteiger partial charge in [-0.15, -0.1) is 0 Å².